The van der Waals surface area contributed by atoms with E-state index in [9.17, 15) is 9.59 Å². The number of hydrogen-bond acceptors (Lipinski definition) is 5. The van der Waals surface area contributed by atoms with Crippen LogP contribution in [0.2, 0.25) is 0 Å². The molecule has 1 aliphatic heterocycles. The topological polar surface area (TPSA) is 113 Å². The Kier molecular flexibility index (Phi) is 3.70. The number of benzene rings is 1. The molecule has 1 atom stereocenters. The van der Waals surface area contributed by atoms with E-state index in [1.807, 2.05) is 24.3 Å². The third-order valence-electron chi connectivity index (χ3n) is 3.79. The van der Waals surface area contributed by atoms with Crippen LogP contribution in [-0.4, -0.2) is 33.2 Å². The number of fused-ring (bicyclic) bond motifs is 1. The van der Waals surface area contributed by atoms with Crippen molar-refractivity contribution in [2.24, 2.45) is 4.99 Å². The van der Waals surface area contributed by atoms with Gasteiger partial charge in [0.1, 0.15) is 11.6 Å². The van der Waals surface area contributed by atoms with E-state index in [1.54, 1.807) is 18.2 Å². The van der Waals surface area contributed by atoms with Gasteiger partial charge in [0, 0.05) is 17.1 Å². The Morgan fingerprint density at radius 3 is 3.04 bits per heavy atom. The van der Waals surface area contributed by atoms with Gasteiger partial charge in [0.2, 0.25) is 5.89 Å². The van der Waals surface area contributed by atoms with Gasteiger partial charge in [-0.1, -0.05) is 29.4 Å². The molecule has 8 nitrogen and oxygen atoms in total. The van der Waals surface area contributed by atoms with Crippen LogP contribution < -0.4 is 5.32 Å². The summed E-state index contributed by atoms with van der Waals surface area (Å²) in [6.45, 7) is 0.0646. The molecule has 1 aromatic carbocycles. The predicted octanol–water partition coefficient (Wildman–Crippen LogP) is 1.73. The van der Waals surface area contributed by atoms with Crippen LogP contribution >= 0.6 is 0 Å². The van der Waals surface area contributed by atoms with Crippen LogP contribution in [0.5, 0.6) is 0 Å². The molecule has 3 heterocycles. The van der Waals surface area contributed by atoms with Crippen molar-refractivity contribution in [1.29, 1.82) is 0 Å². The molecule has 0 bridgehead atoms. The Morgan fingerprint density at radius 1 is 1.32 bits per heavy atom. The highest BCUT2D eigenvalue weighted by Crippen LogP contribution is 2.18. The smallest absolute Gasteiger partial charge is 0.268 e. The molecule has 0 fully saturated rings. The SMILES string of the molecule is O=C(NCc1nc(C2C=CC=NC2=O)no1)c1cc2ccccc2[nH]1. The highest BCUT2D eigenvalue weighted by atomic mass is 16.5. The highest BCUT2D eigenvalue weighted by Gasteiger charge is 2.24. The van der Waals surface area contributed by atoms with E-state index < -0.39 is 5.92 Å². The molecule has 1 aliphatic rings. The molecule has 124 valence electrons. The molecule has 2 N–H and O–H groups in total. The Balaban J connectivity index is 1.43. The van der Waals surface area contributed by atoms with Gasteiger partial charge in [-0.15, -0.1) is 0 Å². The summed E-state index contributed by atoms with van der Waals surface area (Å²) >= 11 is 0. The van der Waals surface area contributed by atoms with E-state index in [2.05, 4.69) is 25.4 Å². The maximum absolute atomic E-state index is 12.2. The molecule has 0 radical (unpaired) electrons. The molecular formula is C17H13N5O3. The first-order valence-electron chi connectivity index (χ1n) is 7.64. The van der Waals surface area contributed by atoms with Crippen molar-refractivity contribution >= 4 is 28.9 Å². The second kappa shape index (κ2) is 6.16. The van der Waals surface area contributed by atoms with Crippen LogP contribution in [0.15, 0.2) is 52.0 Å². The first-order chi connectivity index (χ1) is 12.2. The fourth-order valence-corrected chi connectivity index (χ4v) is 2.55. The normalized spacial score (nSPS) is 16.5. The largest absolute Gasteiger partial charge is 0.351 e. The lowest BCUT2D eigenvalue weighted by Gasteiger charge is -2.04. The number of nitrogens with zero attached hydrogens (tertiary/aromatic N) is 3. The molecule has 4 rings (SSSR count). The third-order valence-corrected chi connectivity index (χ3v) is 3.79. The van der Waals surface area contributed by atoms with Crippen LogP contribution in [0.1, 0.15) is 28.1 Å². The second-order valence-electron chi connectivity index (χ2n) is 5.48. The molecule has 2 amide bonds. The van der Waals surface area contributed by atoms with Gasteiger partial charge in [-0.3, -0.25) is 9.59 Å². The molecular weight excluding hydrogens is 322 g/mol. The van der Waals surface area contributed by atoms with Gasteiger partial charge in [0.25, 0.3) is 11.8 Å². The lowest BCUT2D eigenvalue weighted by Crippen LogP contribution is -2.23. The Labute approximate surface area is 141 Å². The van der Waals surface area contributed by atoms with Gasteiger partial charge in [0.15, 0.2) is 5.82 Å². The average Bonchev–Trinajstić information content (AvgIpc) is 3.27. The van der Waals surface area contributed by atoms with Gasteiger partial charge in [0.05, 0.1) is 6.54 Å². The van der Waals surface area contributed by atoms with Crippen LogP contribution in [0, 0.1) is 0 Å². The quantitative estimate of drug-likeness (QED) is 0.754. The maximum Gasteiger partial charge on any atom is 0.268 e. The van der Waals surface area contributed by atoms with Crippen LogP contribution in [0.25, 0.3) is 10.9 Å². The van der Waals surface area contributed by atoms with E-state index in [0.717, 1.165) is 10.9 Å². The summed E-state index contributed by atoms with van der Waals surface area (Å²) in [5, 5.41) is 7.44. The number of allylic oxidation sites excluding steroid dienone is 1. The minimum absolute atomic E-state index is 0.0646. The molecule has 1 unspecified atom stereocenters. The second-order valence-corrected chi connectivity index (χ2v) is 5.48. The van der Waals surface area contributed by atoms with E-state index in [1.165, 1.54) is 6.21 Å². The van der Waals surface area contributed by atoms with Gasteiger partial charge < -0.3 is 14.8 Å². The summed E-state index contributed by atoms with van der Waals surface area (Å²) in [5.74, 6) is -0.832. The lowest BCUT2D eigenvalue weighted by atomic mass is 10.1. The monoisotopic (exact) mass is 335 g/mol. The van der Waals surface area contributed by atoms with Crippen LogP contribution in [-0.2, 0) is 11.3 Å². The first kappa shape index (κ1) is 15.0. The molecule has 25 heavy (non-hydrogen) atoms. The van der Waals surface area contributed by atoms with E-state index >= 15 is 0 Å². The van der Waals surface area contributed by atoms with Crippen molar-refractivity contribution < 1.29 is 14.1 Å². The van der Waals surface area contributed by atoms with Crippen LogP contribution in [0.3, 0.4) is 0 Å². The number of nitrogens with one attached hydrogen (secondary N) is 2. The fourth-order valence-electron chi connectivity index (χ4n) is 2.55. The van der Waals surface area contributed by atoms with Gasteiger partial charge >= 0.3 is 0 Å². The number of aliphatic imine (C=N–C) groups is 1. The number of dihydropyridines is 1. The third kappa shape index (κ3) is 2.97. The van der Waals surface area contributed by atoms with Crippen molar-refractivity contribution in [3.63, 3.8) is 0 Å². The predicted molar refractivity (Wildman–Crippen MR) is 89.1 cm³/mol. The Hall–Kier alpha value is -3.55. The van der Waals surface area contributed by atoms with E-state index in [-0.39, 0.29) is 30.1 Å². The van der Waals surface area contributed by atoms with Gasteiger partial charge in [-0.2, -0.15) is 4.98 Å². The summed E-state index contributed by atoms with van der Waals surface area (Å²) in [4.78, 5) is 34.8. The zero-order valence-electron chi connectivity index (χ0n) is 13.0. The highest BCUT2D eigenvalue weighted by molar-refractivity contribution is 5.98. The number of hydrogen-bond donors (Lipinski definition) is 2. The van der Waals surface area contributed by atoms with E-state index in [4.69, 9.17) is 4.52 Å². The number of carbonyl (C=O) groups is 2. The number of amides is 2. The average molecular weight is 335 g/mol. The molecule has 0 saturated heterocycles. The minimum atomic E-state index is -0.646. The van der Waals surface area contributed by atoms with Crippen molar-refractivity contribution in [1.82, 2.24) is 20.4 Å². The number of H-pyrrole nitrogens is 1. The minimum Gasteiger partial charge on any atom is -0.351 e. The number of aromatic nitrogens is 3. The summed E-state index contributed by atoms with van der Waals surface area (Å²) in [6.07, 6.45) is 4.72. The number of carbonyl (C=O) groups excluding carboxylic acids is 2. The van der Waals surface area contributed by atoms with Gasteiger partial charge in [-0.05, 0) is 18.2 Å². The van der Waals surface area contributed by atoms with Crippen LogP contribution in [0.4, 0.5) is 0 Å². The number of para-hydroxylation sites is 1. The molecule has 0 spiro atoms. The first-order valence-corrected chi connectivity index (χ1v) is 7.64. The molecule has 0 saturated carbocycles. The van der Waals surface area contributed by atoms with Gasteiger partial charge in [-0.25, -0.2) is 4.99 Å². The zero-order valence-corrected chi connectivity index (χ0v) is 13.0. The zero-order chi connectivity index (χ0) is 17.2. The van der Waals surface area contributed by atoms with Crippen molar-refractivity contribution in [3.8, 4) is 0 Å². The maximum atomic E-state index is 12.2. The van der Waals surface area contributed by atoms with Crippen molar-refractivity contribution in [2.45, 2.75) is 12.5 Å². The van der Waals surface area contributed by atoms with E-state index in [0.29, 0.717) is 5.69 Å². The standard InChI is InChI=1S/C17H13N5O3/c23-16-11(5-3-7-18-16)15-21-14(25-22-15)9-19-17(24)13-8-10-4-1-2-6-12(10)20-13/h1-8,11,20H,9H2,(H,19,24). The summed E-state index contributed by atoms with van der Waals surface area (Å²) in [5.41, 5.74) is 1.33. The summed E-state index contributed by atoms with van der Waals surface area (Å²) in [7, 11) is 0. The fraction of sp³-hybridized carbons (Fsp3) is 0.118. The number of rotatable bonds is 4. The van der Waals surface area contributed by atoms with Crippen molar-refractivity contribution in [2.75, 3.05) is 0 Å². The molecule has 3 aromatic rings. The Bertz CT molecular complexity index is 981. The summed E-state index contributed by atoms with van der Waals surface area (Å²) in [6, 6.07) is 9.39. The van der Waals surface area contributed by atoms with Crippen molar-refractivity contribution in [3.05, 3.63) is 59.9 Å². The lowest BCUT2D eigenvalue weighted by molar-refractivity contribution is -0.118. The molecule has 0 aliphatic carbocycles. The Morgan fingerprint density at radius 2 is 2.20 bits per heavy atom. The summed E-state index contributed by atoms with van der Waals surface area (Å²) < 4.78 is 5.09. The number of aromatic amines is 1. The molecule has 8 heteroatoms. The molecule has 2 aromatic heterocycles.